The highest BCUT2D eigenvalue weighted by Crippen LogP contribution is 2.17. The van der Waals surface area contributed by atoms with Crippen molar-refractivity contribution in [3.05, 3.63) is 0 Å². The highest BCUT2D eigenvalue weighted by atomic mass is 16.5. The first kappa shape index (κ1) is 15.4. The lowest BCUT2D eigenvalue weighted by Gasteiger charge is -2.22. The first-order chi connectivity index (χ1) is 8.77. The van der Waals surface area contributed by atoms with Crippen LogP contribution in [-0.2, 0) is 19.0 Å². The third kappa shape index (κ3) is 5.80. The zero-order valence-corrected chi connectivity index (χ0v) is 11.5. The van der Waals surface area contributed by atoms with Gasteiger partial charge in [0.2, 0.25) is 5.91 Å². The Balaban J connectivity index is 2.27. The highest BCUT2D eigenvalue weighted by molar-refractivity contribution is 5.76. The monoisotopic (exact) mass is 259 g/mol. The summed E-state index contributed by atoms with van der Waals surface area (Å²) in [4.78, 5) is 13.9. The fourth-order valence-electron chi connectivity index (χ4n) is 2.08. The molecule has 1 atom stereocenters. The lowest BCUT2D eigenvalue weighted by molar-refractivity contribution is -0.133. The van der Waals surface area contributed by atoms with Crippen LogP contribution in [0.15, 0.2) is 0 Å². The average molecular weight is 259 g/mol. The van der Waals surface area contributed by atoms with Gasteiger partial charge in [0.1, 0.15) is 0 Å². The van der Waals surface area contributed by atoms with Crippen molar-refractivity contribution in [2.75, 3.05) is 47.1 Å². The number of carbonyl (C=O) groups excluding carboxylic acids is 1. The molecule has 18 heavy (non-hydrogen) atoms. The Hall–Kier alpha value is -0.650. The van der Waals surface area contributed by atoms with E-state index in [9.17, 15) is 4.79 Å². The van der Waals surface area contributed by atoms with Gasteiger partial charge in [-0.1, -0.05) is 0 Å². The summed E-state index contributed by atoms with van der Waals surface area (Å²) in [6.45, 7) is 3.23. The molecule has 0 spiro atoms. The number of methoxy groups -OCH3 is 2. The van der Waals surface area contributed by atoms with Gasteiger partial charge >= 0.3 is 0 Å². The first-order valence-corrected chi connectivity index (χ1v) is 6.65. The summed E-state index contributed by atoms with van der Waals surface area (Å²) in [6.07, 6.45) is 3.87. The van der Waals surface area contributed by atoms with E-state index in [2.05, 4.69) is 0 Å². The van der Waals surface area contributed by atoms with Gasteiger partial charge in [-0.2, -0.15) is 0 Å². The molecule has 1 unspecified atom stereocenters. The molecule has 0 aromatic heterocycles. The zero-order chi connectivity index (χ0) is 13.2. The molecule has 1 saturated heterocycles. The number of hydrogen-bond acceptors (Lipinski definition) is 4. The Labute approximate surface area is 109 Å². The smallest absolute Gasteiger partial charge is 0.222 e. The summed E-state index contributed by atoms with van der Waals surface area (Å²) < 4.78 is 15.6. The van der Waals surface area contributed by atoms with Gasteiger partial charge < -0.3 is 19.1 Å². The second-order valence-corrected chi connectivity index (χ2v) is 4.54. The van der Waals surface area contributed by atoms with Crippen molar-refractivity contribution in [2.24, 2.45) is 0 Å². The molecule has 106 valence electrons. The average Bonchev–Trinajstić information content (AvgIpc) is 2.89. The van der Waals surface area contributed by atoms with Crippen molar-refractivity contribution in [3.8, 4) is 0 Å². The third-order valence-corrected chi connectivity index (χ3v) is 3.19. The van der Waals surface area contributed by atoms with Crippen LogP contribution in [0.2, 0.25) is 0 Å². The Bertz CT molecular complexity index is 221. The number of rotatable bonds is 9. The van der Waals surface area contributed by atoms with Gasteiger partial charge in [0, 0.05) is 40.3 Å². The molecule has 1 amide bonds. The maximum Gasteiger partial charge on any atom is 0.222 e. The molecule has 1 fully saturated rings. The van der Waals surface area contributed by atoms with Crippen molar-refractivity contribution in [3.63, 3.8) is 0 Å². The van der Waals surface area contributed by atoms with E-state index in [1.54, 1.807) is 14.2 Å². The predicted octanol–water partition coefficient (Wildman–Crippen LogP) is 1.07. The van der Waals surface area contributed by atoms with Crippen LogP contribution in [0.5, 0.6) is 0 Å². The molecule has 1 aliphatic rings. The van der Waals surface area contributed by atoms with Gasteiger partial charge in [-0.05, 0) is 19.3 Å². The lowest BCUT2D eigenvalue weighted by atomic mass is 10.1. The standard InChI is InChI=1S/C13H25NO4/c1-16-10-7-14(8-11-17-2)13(15)6-5-12-4-3-9-18-12/h12H,3-11H2,1-2H3. The van der Waals surface area contributed by atoms with Gasteiger partial charge in [0.25, 0.3) is 0 Å². The molecule has 0 bridgehead atoms. The van der Waals surface area contributed by atoms with E-state index in [0.29, 0.717) is 32.7 Å². The zero-order valence-electron chi connectivity index (χ0n) is 11.5. The second-order valence-electron chi connectivity index (χ2n) is 4.54. The molecule has 0 aromatic rings. The summed E-state index contributed by atoms with van der Waals surface area (Å²) in [6, 6.07) is 0. The van der Waals surface area contributed by atoms with Crippen molar-refractivity contribution in [2.45, 2.75) is 31.8 Å². The van der Waals surface area contributed by atoms with E-state index < -0.39 is 0 Å². The van der Waals surface area contributed by atoms with E-state index in [1.807, 2.05) is 4.90 Å². The Morgan fingerprint density at radius 2 is 1.94 bits per heavy atom. The van der Waals surface area contributed by atoms with Crippen molar-refractivity contribution >= 4 is 5.91 Å². The lowest BCUT2D eigenvalue weighted by Crippen LogP contribution is -2.36. The van der Waals surface area contributed by atoms with Crippen LogP contribution in [-0.4, -0.2) is 64.0 Å². The highest BCUT2D eigenvalue weighted by Gasteiger charge is 2.19. The van der Waals surface area contributed by atoms with Crippen LogP contribution in [0.1, 0.15) is 25.7 Å². The second kappa shape index (κ2) is 9.30. The molecule has 5 heteroatoms. The summed E-state index contributed by atoms with van der Waals surface area (Å²) in [7, 11) is 3.29. The van der Waals surface area contributed by atoms with Crippen LogP contribution in [0.25, 0.3) is 0 Å². The van der Waals surface area contributed by atoms with Crippen molar-refractivity contribution < 1.29 is 19.0 Å². The van der Waals surface area contributed by atoms with Gasteiger partial charge in [-0.3, -0.25) is 4.79 Å². The van der Waals surface area contributed by atoms with E-state index in [4.69, 9.17) is 14.2 Å². The van der Waals surface area contributed by atoms with Crippen molar-refractivity contribution in [1.29, 1.82) is 0 Å². The summed E-state index contributed by atoms with van der Waals surface area (Å²) >= 11 is 0. The molecule has 0 radical (unpaired) electrons. The number of carbonyl (C=O) groups is 1. The van der Waals surface area contributed by atoms with Gasteiger partial charge in [0.15, 0.2) is 0 Å². The minimum absolute atomic E-state index is 0.166. The molecule has 1 heterocycles. The maximum atomic E-state index is 12.1. The van der Waals surface area contributed by atoms with Crippen LogP contribution < -0.4 is 0 Å². The predicted molar refractivity (Wildman–Crippen MR) is 68.5 cm³/mol. The Morgan fingerprint density at radius 3 is 2.44 bits per heavy atom. The fraction of sp³-hybridized carbons (Fsp3) is 0.923. The van der Waals surface area contributed by atoms with Crippen LogP contribution in [0.4, 0.5) is 0 Å². The normalized spacial score (nSPS) is 19.1. The van der Waals surface area contributed by atoms with Crippen LogP contribution in [0.3, 0.4) is 0 Å². The molecule has 5 nitrogen and oxygen atoms in total. The number of amides is 1. The number of ether oxygens (including phenoxy) is 3. The van der Waals surface area contributed by atoms with Crippen LogP contribution >= 0.6 is 0 Å². The SMILES string of the molecule is COCCN(CCOC)C(=O)CCC1CCCO1. The molecule has 0 N–H and O–H groups in total. The molecular weight excluding hydrogens is 234 g/mol. The van der Waals surface area contributed by atoms with Gasteiger partial charge in [-0.25, -0.2) is 0 Å². The molecule has 0 aromatic carbocycles. The quantitative estimate of drug-likeness (QED) is 0.621. The Kier molecular flexibility index (Phi) is 7.96. The fourth-order valence-corrected chi connectivity index (χ4v) is 2.08. The molecular formula is C13H25NO4. The third-order valence-electron chi connectivity index (χ3n) is 3.19. The largest absolute Gasteiger partial charge is 0.383 e. The van der Waals surface area contributed by atoms with Crippen LogP contribution in [0, 0.1) is 0 Å². The molecule has 0 saturated carbocycles. The molecule has 0 aliphatic carbocycles. The topological polar surface area (TPSA) is 48.0 Å². The van der Waals surface area contributed by atoms with E-state index >= 15 is 0 Å². The minimum atomic E-state index is 0.166. The minimum Gasteiger partial charge on any atom is -0.383 e. The summed E-state index contributed by atoms with van der Waals surface area (Å²) in [5, 5.41) is 0. The van der Waals surface area contributed by atoms with Crippen molar-refractivity contribution in [1.82, 2.24) is 4.90 Å². The number of hydrogen-bond donors (Lipinski definition) is 0. The summed E-state index contributed by atoms with van der Waals surface area (Å²) in [5.74, 6) is 0.166. The van der Waals surface area contributed by atoms with Gasteiger partial charge in [0.05, 0.1) is 19.3 Å². The first-order valence-electron chi connectivity index (χ1n) is 6.65. The van der Waals surface area contributed by atoms with E-state index in [-0.39, 0.29) is 12.0 Å². The Morgan fingerprint density at radius 1 is 1.28 bits per heavy atom. The van der Waals surface area contributed by atoms with Gasteiger partial charge in [-0.15, -0.1) is 0 Å². The van der Waals surface area contributed by atoms with E-state index in [1.165, 1.54) is 0 Å². The molecule has 1 rings (SSSR count). The number of nitrogens with zero attached hydrogens (tertiary/aromatic N) is 1. The molecule has 1 aliphatic heterocycles. The summed E-state index contributed by atoms with van der Waals surface area (Å²) in [5.41, 5.74) is 0. The van der Waals surface area contributed by atoms with E-state index in [0.717, 1.165) is 25.9 Å². The maximum absolute atomic E-state index is 12.1.